The van der Waals surface area contributed by atoms with Gasteiger partial charge in [-0.2, -0.15) is 0 Å². The summed E-state index contributed by atoms with van der Waals surface area (Å²) in [5, 5.41) is 5.98. The van der Waals surface area contributed by atoms with Crippen LogP contribution in [0.3, 0.4) is 0 Å². The van der Waals surface area contributed by atoms with Crippen LogP contribution in [0.2, 0.25) is 0 Å². The van der Waals surface area contributed by atoms with Crippen molar-refractivity contribution in [2.24, 2.45) is 0 Å². The second-order valence-corrected chi connectivity index (χ2v) is 3.47. The normalized spacial score (nSPS) is 14.9. The summed E-state index contributed by atoms with van der Waals surface area (Å²) in [6.07, 6.45) is 0.917. The van der Waals surface area contributed by atoms with Gasteiger partial charge >= 0.3 is 0 Å². The molecular formula is C10H22N2O2. The minimum absolute atomic E-state index is 0.0526. The van der Waals surface area contributed by atoms with E-state index in [9.17, 15) is 4.79 Å². The second kappa shape index (κ2) is 7.76. The first kappa shape index (κ1) is 13.4. The Morgan fingerprint density at radius 2 is 2.07 bits per heavy atom. The molecule has 0 fully saturated rings. The molecule has 4 nitrogen and oxygen atoms in total. The van der Waals surface area contributed by atoms with Gasteiger partial charge in [0.25, 0.3) is 0 Å². The number of hydrogen-bond donors (Lipinski definition) is 2. The van der Waals surface area contributed by atoms with E-state index in [-0.39, 0.29) is 11.9 Å². The lowest BCUT2D eigenvalue weighted by Crippen LogP contribution is -2.45. The minimum Gasteiger partial charge on any atom is -0.385 e. The predicted molar refractivity (Wildman–Crippen MR) is 57.2 cm³/mol. The molecule has 4 heteroatoms. The van der Waals surface area contributed by atoms with Gasteiger partial charge in [0.1, 0.15) is 0 Å². The summed E-state index contributed by atoms with van der Waals surface area (Å²) >= 11 is 0. The Morgan fingerprint density at radius 3 is 2.57 bits per heavy atom. The van der Waals surface area contributed by atoms with Crippen LogP contribution in [0, 0.1) is 0 Å². The Bertz CT molecular complexity index is 162. The van der Waals surface area contributed by atoms with Crippen LogP contribution in [0.25, 0.3) is 0 Å². The van der Waals surface area contributed by atoms with Crippen LogP contribution in [-0.2, 0) is 9.53 Å². The maximum Gasteiger partial charge on any atom is 0.236 e. The number of carbonyl (C=O) groups excluding carboxylic acids is 1. The summed E-state index contributed by atoms with van der Waals surface area (Å²) < 4.78 is 4.96. The average molecular weight is 202 g/mol. The highest BCUT2D eigenvalue weighted by Gasteiger charge is 2.13. The van der Waals surface area contributed by atoms with E-state index in [2.05, 4.69) is 17.6 Å². The Labute approximate surface area is 86.4 Å². The smallest absolute Gasteiger partial charge is 0.236 e. The van der Waals surface area contributed by atoms with Crippen molar-refractivity contribution in [3.05, 3.63) is 0 Å². The monoisotopic (exact) mass is 202 g/mol. The van der Waals surface area contributed by atoms with Crippen LogP contribution in [0.15, 0.2) is 0 Å². The molecule has 2 unspecified atom stereocenters. The molecule has 84 valence electrons. The van der Waals surface area contributed by atoms with Crippen molar-refractivity contribution in [3.8, 4) is 0 Å². The number of nitrogens with one attached hydrogen (secondary N) is 2. The highest BCUT2D eigenvalue weighted by molar-refractivity contribution is 5.81. The van der Waals surface area contributed by atoms with Gasteiger partial charge in [0, 0.05) is 26.3 Å². The van der Waals surface area contributed by atoms with Gasteiger partial charge < -0.3 is 15.4 Å². The summed E-state index contributed by atoms with van der Waals surface area (Å²) in [5.74, 6) is 0.0526. The van der Waals surface area contributed by atoms with Crippen LogP contribution in [0.5, 0.6) is 0 Å². The lowest BCUT2D eigenvalue weighted by molar-refractivity contribution is -0.122. The molecule has 14 heavy (non-hydrogen) atoms. The van der Waals surface area contributed by atoms with Gasteiger partial charge in [-0.05, 0) is 27.2 Å². The lowest BCUT2D eigenvalue weighted by atomic mass is 10.2. The molecule has 0 rings (SSSR count). The Hall–Kier alpha value is -0.610. The molecule has 2 atom stereocenters. The number of hydrogen-bond acceptors (Lipinski definition) is 3. The Morgan fingerprint density at radius 1 is 1.43 bits per heavy atom. The van der Waals surface area contributed by atoms with Crippen LogP contribution in [-0.4, -0.2) is 38.3 Å². The Balaban J connectivity index is 3.68. The first-order chi connectivity index (χ1) is 6.61. The van der Waals surface area contributed by atoms with Crippen molar-refractivity contribution in [3.63, 3.8) is 0 Å². The second-order valence-electron chi connectivity index (χ2n) is 3.47. The molecule has 0 spiro atoms. The molecule has 0 bridgehead atoms. The van der Waals surface area contributed by atoms with Gasteiger partial charge in [-0.15, -0.1) is 0 Å². The molecule has 0 saturated carbocycles. The third-order valence-electron chi connectivity index (χ3n) is 2.03. The first-order valence-electron chi connectivity index (χ1n) is 5.14. The molecule has 0 saturated heterocycles. The predicted octanol–water partition coefficient (Wildman–Crippen LogP) is 0.526. The maximum atomic E-state index is 11.3. The van der Waals surface area contributed by atoms with E-state index >= 15 is 0 Å². The van der Waals surface area contributed by atoms with Crippen molar-refractivity contribution >= 4 is 5.91 Å². The molecule has 2 N–H and O–H groups in total. The van der Waals surface area contributed by atoms with E-state index in [0.29, 0.717) is 12.6 Å². The van der Waals surface area contributed by atoms with Gasteiger partial charge in [0.2, 0.25) is 5.91 Å². The number of amides is 1. The molecule has 0 aliphatic rings. The van der Waals surface area contributed by atoms with E-state index in [1.54, 1.807) is 7.11 Å². The fourth-order valence-corrected chi connectivity index (χ4v) is 1.21. The SMILES string of the molecule is CCNC(=O)C(C)NC(C)CCOC. The highest BCUT2D eigenvalue weighted by Crippen LogP contribution is 1.93. The molecule has 0 aliphatic carbocycles. The summed E-state index contributed by atoms with van der Waals surface area (Å²) in [5.41, 5.74) is 0. The van der Waals surface area contributed by atoms with Crippen LogP contribution >= 0.6 is 0 Å². The topological polar surface area (TPSA) is 50.4 Å². The molecule has 0 aromatic heterocycles. The molecule has 1 amide bonds. The summed E-state index contributed by atoms with van der Waals surface area (Å²) in [4.78, 5) is 11.3. The van der Waals surface area contributed by atoms with Gasteiger partial charge in [0.05, 0.1) is 6.04 Å². The maximum absolute atomic E-state index is 11.3. The van der Waals surface area contributed by atoms with Gasteiger partial charge in [-0.25, -0.2) is 0 Å². The fourth-order valence-electron chi connectivity index (χ4n) is 1.21. The number of ether oxygens (including phenoxy) is 1. The van der Waals surface area contributed by atoms with Crippen LogP contribution in [0.4, 0.5) is 0 Å². The van der Waals surface area contributed by atoms with Gasteiger partial charge in [-0.1, -0.05) is 0 Å². The zero-order valence-corrected chi connectivity index (χ0v) is 9.59. The van der Waals surface area contributed by atoms with E-state index in [1.807, 2.05) is 13.8 Å². The van der Waals surface area contributed by atoms with Crippen LogP contribution in [0.1, 0.15) is 27.2 Å². The van der Waals surface area contributed by atoms with Crippen LogP contribution < -0.4 is 10.6 Å². The number of carbonyl (C=O) groups is 1. The number of methoxy groups -OCH3 is 1. The third kappa shape index (κ3) is 5.94. The zero-order chi connectivity index (χ0) is 11.0. The summed E-state index contributed by atoms with van der Waals surface area (Å²) in [7, 11) is 1.68. The van der Waals surface area contributed by atoms with E-state index < -0.39 is 0 Å². The van der Waals surface area contributed by atoms with Crippen molar-refractivity contribution in [2.45, 2.75) is 39.3 Å². The average Bonchev–Trinajstić information content (AvgIpc) is 2.15. The largest absolute Gasteiger partial charge is 0.385 e. The molecular weight excluding hydrogens is 180 g/mol. The third-order valence-corrected chi connectivity index (χ3v) is 2.03. The summed E-state index contributed by atoms with van der Waals surface area (Å²) in [6.45, 7) is 7.23. The minimum atomic E-state index is -0.137. The Kier molecular flexibility index (Phi) is 7.42. The first-order valence-corrected chi connectivity index (χ1v) is 5.14. The van der Waals surface area contributed by atoms with Crippen molar-refractivity contribution < 1.29 is 9.53 Å². The quantitative estimate of drug-likeness (QED) is 0.633. The fraction of sp³-hybridized carbons (Fsp3) is 0.900. The molecule has 0 heterocycles. The van der Waals surface area contributed by atoms with Gasteiger partial charge in [-0.3, -0.25) is 4.79 Å². The van der Waals surface area contributed by atoms with Crippen molar-refractivity contribution in [1.82, 2.24) is 10.6 Å². The standard InChI is InChI=1S/C10H22N2O2/c1-5-11-10(13)9(3)12-8(2)6-7-14-4/h8-9,12H,5-7H2,1-4H3,(H,11,13). The molecule has 0 aromatic carbocycles. The van der Waals surface area contributed by atoms with E-state index in [1.165, 1.54) is 0 Å². The highest BCUT2D eigenvalue weighted by atomic mass is 16.5. The summed E-state index contributed by atoms with van der Waals surface area (Å²) in [6, 6.07) is 0.161. The molecule has 0 radical (unpaired) electrons. The van der Waals surface area contributed by atoms with Crippen molar-refractivity contribution in [2.75, 3.05) is 20.3 Å². The number of likely N-dealkylation sites (N-methyl/N-ethyl adjacent to an activating group) is 1. The van der Waals surface area contributed by atoms with Gasteiger partial charge in [0.15, 0.2) is 0 Å². The zero-order valence-electron chi connectivity index (χ0n) is 9.59. The molecule has 0 aliphatic heterocycles. The lowest BCUT2D eigenvalue weighted by Gasteiger charge is -2.18. The van der Waals surface area contributed by atoms with Crippen molar-refractivity contribution in [1.29, 1.82) is 0 Å². The molecule has 0 aromatic rings. The number of rotatable bonds is 7. The van der Waals surface area contributed by atoms with E-state index in [0.717, 1.165) is 13.0 Å². The van der Waals surface area contributed by atoms with E-state index in [4.69, 9.17) is 4.74 Å².